The zero-order chi connectivity index (χ0) is 19.6. The van der Waals surface area contributed by atoms with Gasteiger partial charge in [-0.25, -0.2) is 0 Å². The fourth-order valence-corrected chi connectivity index (χ4v) is 2.45. The van der Waals surface area contributed by atoms with Gasteiger partial charge < -0.3 is 14.6 Å². The molecule has 2 aromatic rings. The van der Waals surface area contributed by atoms with Gasteiger partial charge in [0.25, 0.3) is 0 Å². The maximum absolute atomic E-state index is 10.8. The Hall–Kier alpha value is -3.23. The van der Waals surface area contributed by atoms with Gasteiger partial charge in [0.15, 0.2) is 11.5 Å². The number of carbonyl (C=O) groups is 1. The molecule has 0 unspecified atom stereocenters. The molecule has 2 aromatic carbocycles. The number of rotatable bonds is 7. The third-order valence-electron chi connectivity index (χ3n) is 3.82. The number of nitrogens with zero attached hydrogens (tertiary/aromatic N) is 1. The number of allylic oxidation sites excluding steroid dienone is 1. The largest absolute Gasteiger partial charge is 0.493 e. The molecule has 0 heterocycles. The van der Waals surface area contributed by atoms with Crippen LogP contribution in [0.1, 0.15) is 11.1 Å². The van der Waals surface area contributed by atoms with Crippen LogP contribution in [0.5, 0.6) is 11.5 Å². The summed E-state index contributed by atoms with van der Waals surface area (Å²) in [7, 11) is 4.94. The quantitative estimate of drug-likeness (QED) is 0.764. The Morgan fingerprint density at radius 3 is 2.44 bits per heavy atom. The van der Waals surface area contributed by atoms with Crippen molar-refractivity contribution in [3.8, 4) is 23.3 Å². The van der Waals surface area contributed by atoms with Gasteiger partial charge in [0.2, 0.25) is 0 Å². The van der Waals surface area contributed by atoms with Crippen LogP contribution >= 0.6 is 0 Å². The van der Waals surface area contributed by atoms with Crippen LogP contribution < -0.4 is 9.47 Å². The maximum Gasteiger partial charge on any atom is 0.317 e. The molecule has 0 bridgehead atoms. The van der Waals surface area contributed by atoms with Gasteiger partial charge in [-0.05, 0) is 30.8 Å². The SMILES string of the molecule is COc1ccc(C#C/C(=C/CN(C)CC(=O)O)c2ccccc2)cc1OC. The minimum Gasteiger partial charge on any atom is -0.493 e. The van der Waals surface area contributed by atoms with Crippen molar-refractivity contribution < 1.29 is 19.4 Å². The van der Waals surface area contributed by atoms with E-state index in [0.29, 0.717) is 18.0 Å². The number of benzene rings is 2. The van der Waals surface area contributed by atoms with Crippen LogP contribution in [-0.4, -0.2) is 50.3 Å². The highest BCUT2D eigenvalue weighted by molar-refractivity contribution is 5.80. The van der Waals surface area contributed by atoms with E-state index in [9.17, 15) is 4.79 Å². The third-order valence-corrected chi connectivity index (χ3v) is 3.82. The van der Waals surface area contributed by atoms with E-state index < -0.39 is 5.97 Å². The fourth-order valence-electron chi connectivity index (χ4n) is 2.45. The van der Waals surface area contributed by atoms with Crippen molar-refractivity contribution in [1.82, 2.24) is 4.90 Å². The summed E-state index contributed by atoms with van der Waals surface area (Å²) in [6, 6.07) is 15.3. The van der Waals surface area contributed by atoms with Gasteiger partial charge >= 0.3 is 5.97 Å². The van der Waals surface area contributed by atoms with Gasteiger partial charge in [0, 0.05) is 17.7 Å². The number of carboxylic acid groups (broad SMARTS) is 1. The minimum absolute atomic E-state index is 0.0261. The van der Waals surface area contributed by atoms with Crippen LogP contribution in [0.15, 0.2) is 54.6 Å². The first kappa shape index (κ1) is 20.1. The van der Waals surface area contributed by atoms with E-state index in [1.54, 1.807) is 26.2 Å². The standard InChI is InChI=1S/C22H23NO4/c1-23(16-22(24)25)14-13-19(18-7-5-4-6-8-18)11-9-17-10-12-20(26-2)21(15-17)27-3/h4-8,10,12-13,15H,14,16H2,1-3H3,(H,24,25)/b19-13-. The van der Waals surface area contributed by atoms with Gasteiger partial charge in [-0.3, -0.25) is 9.69 Å². The van der Waals surface area contributed by atoms with E-state index in [1.807, 2.05) is 54.6 Å². The van der Waals surface area contributed by atoms with Gasteiger partial charge in [-0.1, -0.05) is 48.2 Å². The highest BCUT2D eigenvalue weighted by Gasteiger charge is 2.05. The predicted molar refractivity (Wildman–Crippen MR) is 106 cm³/mol. The van der Waals surface area contributed by atoms with E-state index in [2.05, 4.69) is 11.8 Å². The molecule has 0 aliphatic carbocycles. The molecule has 0 fully saturated rings. The van der Waals surface area contributed by atoms with Crippen LogP contribution in [0.2, 0.25) is 0 Å². The van der Waals surface area contributed by atoms with Crippen LogP contribution in [-0.2, 0) is 4.79 Å². The summed E-state index contributed by atoms with van der Waals surface area (Å²) in [5, 5.41) is 8.90. The maximum atomic E-state index is 10.8. The highest BCUT2D eigenvalue weighted by Crippen LogP contribution is 2.27. The number of likely N-dealkylation sites (N-methyl/N-ethyl adjacent to an activating group) is 1. The molecule has 27 heavy (non-hydrogen) atoms. The molecule has 0 saturated carbocycles. The Kier molecular flexibility index (Phi) is 7.48. The Bertz CT molecular complexity index is 863. The molecule has 5 nitrogen and oxygen atoms in total. The van der Waals surface area contributed by atoms with Crippen LogP contribution in [0.4, 0.5) is 0 Å². The number of ether oxygens (including phenoxy) is 2. The molecule has 140 valence electrons. The summed E-state index contributed by atoms with van der Waals surface area (Å²) >= 11 is 0. The molecule has 0 amide bonds. The molecular weight excluding hydrogens is 342 g/mol. The first-order valence-electron chi connectivity index (χ1n) is 8.43. The van der Waals surface area contributed by atoms with Crippen molar-refractivity contribution >= 4 is 11.5 Å². The number of carboxylic acids is 1. The predicted octanol–water partition coefficient (Wildman–Crippen LogP) is 3.16. The van der Waals surface area contributed by atoms with Crippen molar-refractivity contribution in [2.45, 2.75) is 0 Å². The number of hydrogen-bond acceptors (Lipinski definition) is 4. The molecule has 5 heteroatoms. The Morgan fingerprint density at radius 2 is 1.81 bits per heavy atom. The Balaban J connectivity index is 2.30. The molecule has 2 rings (SSSR count). The summed E-state index contributed by atoms with van der Waals surface area (Å²) in [6.45, 7) is 0.457. The van der Waals surface area contributed by atoms with Crippen LogP contribution in [0.25, 0.3) is 5.57 Å². The molecule has 1 N–H and O–H groups in total. The second-order valence-electron chi connectivity index (χ2n) is 5.89. The van der Waals surface area contributed by atoms with Gasteiger partial charge in [-0.15, -0.1) is 0 Å². The Labute approximate surface area is 159 Å². The van der Waals surface area contributed by atoms with E-state index >= 15 is 0 Å². The van der Waals surface area contributed by atoms with Gasteiger partial charge in [0.05, 0.1) is 20.8 Å². The van der Waals surface area contributed by atoms with Crippen molar-refractivity contribution in [1.29, 1.82) is 0 Å². The summed E-state index contributed by atoms with van der Waals surface area (Å²) in [5.41, 5.74) is 2.62. The van der Waals surface area contributed by atoms with Crippen molar-refractivity contribution in [2.24, 2.45) is 0 Å². The zero-order valence-corrected chi connectivity index (χ0v) is 15.7. The minimum atomic E-state index is -0.858. The Morgan fingerprint density at radius 1 is 1.11 bits per heavy atom. The third kappa shape index (κ3) is 6.21. The number of aliphatic carboxylic acids is 1. The van der Waals surface area contributed by atoms with Crippen molar-refractivity contribution in [2.75, 3.05) is 34.4 Å². The molecule has 0 aliphatic heterocycles. The van der Waals surface area contributed by atoms with E-state index in [0.717, 1.165) is 16.7 Å². The van der Waals surface area contributed by atoms with Crippen LogP contribution in [0, 0.1) is 11.8 Å². The second kappa shape index (κ2) is 10.0. The number of methoxy groups -OCH3 is 2. The van der Waals surface area contributed by atoms with E-state index in [4.69, 9.17) is 14.6 Å². The van der Waals surface area contributed by atoms with Crippen molar-refractivity contribution in [3.05, 3.63) is 65.7 Å². The average Bonchev–Trinajstić information content (AvgIpc) is 2.67. The molecule has 0 atom stereocenters. The molecule has 0 aromatic heterocycles. The normalized spacial score (nSPS) is 10.9. The monoisotopic (exact) mass is 365 g/mol. The zero-order valence-electron chi connectivity index (χ0n) is 15.7. The number of hydrogen-bond donors (Lipinski definition) is 1. The first-order valence-corrected chi connectivity index (χ1v) is 8.43. The summed E-state index contributed by atoms with van der Waals surface area (Å²) in [5.74, 6) is 6.75. The molecule has 0 saturated heterocycles. The lowest BCUT2D eigenvalue weighted by Crippen LogP contribution is -2.25. The second-order valence-corrected chi connectivity index (χ2v) is 5.89. The molecular formula is C22H23NO4. The topological polar surface area (TPSA) is 59.0 Å². The summed E-state index contributed by atoms with van der Waals surface area (Å²) in [4.78, 5) is 12.5. The van der Waals surface area contributed by atoms with Gasteiger partial charge in [-0.2, -0.15) is 0 Å². The summed E-state index contributed by atoms with van der Waals surface area (Å²) in [6.07, 6.45) is 1.94. The highest BCUT2D eigenvalue weighted by atomic mass is 16.5. The smallest absolute Gasteiger partial charge is 0.317 e. The molecule has 0 spiro atoms. The van der Waals surface area contributed by atoms with Crippen molar-refractivity contribution in [3.63, 3.8) is 0 Å². The lowest BCUT2D eigenvalue weighted by molar-refractivity contribution is -0.137. The van der Waals surface area contributed by atoms with E-state index in [-0.39, 0.29) is 6.54 Å². The first-order chi connectivity index (χ1) is 13.0. The average molecular weight is 365 g/mol. The van der Waals surface area contributed by atoms with Gasteiger partial charge in [0.1, 0.15) is 0 Å². The van der Waals surface area contributed by atoms with E-state index in [1.165, 1.54) is 0 Å². The lowest BCUT2D eigenvalue weighted by atomic mass is 10.1. The lowest BCUT2D eigenvalue weighted by Gasteiger charge is -2.11. The summed E-state index contributed by atoms with van der Waals surface area (Å²) < 4.78 is 10.6. The molecule has 0 radical (unpaired) electrons. The molecule has 0 aliphatic rings. The van der Waals surface area contributed by atoms with Crippen LogP contribution in [0.3, 0.4) is 0 Å². The fraction of sp³-hybridized carbons (Fsp3) is 0.227.